The smallest absolute Gasteiger partial charge is 0.185 e. The van der Waals surface area contributed by atoms with E-state index in [9.17, 15) is 9.90 Å². The molecule has 0 aliphatic heterocycles. The monoisotopic (exact) mass is 405 g/mol. The average Bonchev–Trinajstić information content (AvgIpc) is 2.67. The molecule has 0 amide bonds. The fourth-order valence-electron chi connectivity index (χ4n) is 2.29. The van der Waals surface area contributed by atoms with E-state index < -0.39 is 0 Å². The predicted molar refractivity (Wildman–Crippen MR) is 109 cm³/mol. The summed E-state index contributed by atoms with van der Waals surface area (Å²) in [4.78, 5) is 16.8. The fourth-order valence-corrected chi connectivity index (χ4v) is 2.56. The molecule has 0 spiro atoms. The number of carbonyl (C=O) groups is 1. The van der Waals surface area contributed by atoms with Crippen molar-refractivity contribution in [3.8, 4) is 5.75 Å². The molecule has 3 nitrogen and oxygen atoms in total. The van der Waals surface area contributed by atoms with Crippen molar-refractivity contribution in [1.29, 1.82) is 0 Å². The van der Waals surface area contributed by atoms with Crippen LogP contribution in [0.3, 0.4) is 0 Å². The lowest BCUT2D eigenvalue weighted by molar-refractivity contribution is 0.104. The second kappa shape index (κ2) is 8.41. The van der Waals surface area contributed by atoms with Crippen molar-refractivity contribution in [1.82, 2.24) is 0 Å². The van der Waals surface area contributed by atoms with E-state index in [1.54, 1.807) is 54.8 Å². The molecule has 0 aromatic heterocycles. The van der Waals surface area contributed by atoms with Crippen LogP contribution in [0.25, 0.3) is 6.08 Å². The van der Waals surface area contributed by atoms with Crippen LogP contribution in [0.1, 0.15) is 21.5 Å². The van der Waals surface area contributed by atoms with E-state index in [1.807, 2.05) is 36.4 Å². The number of benzene rings is 3. The molecule has 3 aromatic rings. The number of ketones is 1. The number of aromatic hydroxyl groups is 1. The lowest BCUT2D eigenvalue weighted by atomic mass is 10.1. The van der Waals surface area contributed by atoms with Gasteiger partial charge in [-0.1, -0.05) is 46.3 Å². The second-order valence-corrected chi connectivity index (χ2v) is 6.56. The first-order valence-corrected chi connectivity index (χ1v) is 8.80. The summed E-state index contributed by atoms with van der Waals surface area (Å²) in [5.41, 5.74) is 3.11. The molecule has 0 saturated carbocycles. The highest BCUT2D eigenvalue weighted by molar-refractivity contribution is 9.10. The first-order valence-electron chi connectivity index (χ1n) is 8.01. The van der Waals surface area contributed by atoms with Crippen molar-refractivity contribution in [2.24, 2.45) is 4.99 Å². The van der Waals surface area contributed by atoms with Gasteiger partial charge in [0.05, 0.1) is 5.69 Å². The molecule has 128 valence electrons. The molecule has 1 N–H and O–H groups in total. The Morgan fingerprint density at radius 2 is 1.62 bits per heavy atom. The molecule has 0 radical (unpaired) electrons. The summed E-state index contributed by atoms with van der Waals surface area (Å²) in [5, 5.41) is 9.30. The van der Waals surface area contributed by atoms with Gasteiger partial charge < -0.3 is 5.11 Å². The van der Waals surface area contributed by atoms with Gasteiger partial charge in [0, 0.05) is 16.3 Å². The Bertz CT molecular complexity index is 958. The Morgan fingerprint density at radius 1 is 0.923 bits per heavy atom. The molecular weight excluding hydrogens is 390 g/mol. The van der Waals surface area contributed by atoms with E-state index in [0.717, 1.165) is 15.6 Å². The third-order valence-corrected chi connectivity index (χ3v) is 4.21. The number of halogens is 1. The zero-order valence-electron chi connectivity index (χ0n) is 13.8. The van der Waals surface area contributed by atoms with E-state index in [1.165, 1.54) is 0 Å². The van der Waals surface area contributed by atoms with Gasteiger partial charge in [-0.2, -0.15) is 0 Å². The number of aliphatic imine (C=N–C) groups is 1. The van der Waals surface area contributed by atoms with E-state index in [0.29, 0.717) is 11.3 Å². The summed E-state index contributed by atoms with van der Waals surface area (Å²) in [6.45, 7) is 0. The molecule has 0 atom stereocenters. The lowest BCUT2D eigenvalue weighted by Gasteiger charge is -1.99. The predicted octanol–water partition coefficient (Wildman–Crippen LogP) is 5.80. The largest absolute Gasteiger partial charge is 0.508 e. The highest BCUT2D eigenvalue weighted by Crippen LogP contribution is 2.17. The quantitative estimate of drug-likeness (QED) is 0.331. The maximum Gasteiger partial charge on any atom is 0.185 e. The van der Waals surface area contributed by atoms with Gasteiger partial charge in [0.15, 0.2) is 5.78 Å². The van der Waals surface area contributed by atoms with Crippen molar-refractivity contribution >= 4 is 39.7 Å². The SMILES string of the molecule is O=C(C=Cc1ccc(Br)cc1)c1cccc(N=Cc2ccc(O)cc2)c1. The van der Waals surface area contributed by atoms with Crippen LogP contribution < -0.4 is 0 Å². The van der Waals surface area contributed by atoms with E-state index in [-0.39, 0.29) is 11.5 Å². The maximum absolute atomic E-state index is 12.4. The molecular formula is C22H16BrNO2. The fraction of sp³-hybridized carbons (Fsp3) is 0. The molecule has 0 saturated heterocycles. The highest BCUT2D eigenvalue weighted by atomic mass is 79.9. The number of hydrogen-bond donors (Lipinski definition) is 1. The summed E-state index contributed by atoms with van der Waals surface area (Å²) >= 11 is 3.39. The molecule has 0 aliphatic carbocycles. The molecule has 4 heteroatoms. The summed E-state index contributed by atoms with van der Waals surface area (Å²) < 4.78 is 1.00. The first kappa shape index (κ1) is 17.8. The topological polar surface area (TPSA) is 49.7 Å². The number of phenols is 1. The molecule has 3 aromatic carbocycles. The summed E-state index contributed by atoms with van der Waals surface area (Å²) in [5.74, 6) is 0.141. The number of hydrogen-bond acceptors (Lipinski definition) is 3. The van der Waals surface area contributed by atoms with E-state index in [2.05, 4.69) is 20.9 Å². The maximum atomic E-state index is 12.4. The van der Waals surface area contributed by atoms with Gasteiger partial charge in [-0.3, -0.25) is 9.79 Å². The normalized spacial score (nSPS) is 11.3. The number of phenolic OH excluding ortho intramolecular Hbond substituents is 1. The third kappa shape index (κ3) is 5.01. The van der Waals surface area contributed by atoms with Gasteiger partial charge in [0.1, 0.15) is 5.75 Å². The molecule has 0 unspecified atom stereocenters. The minimum atomic E-state index is -0.0744. The second-order valence-electron chi connectivity index (χ2n) is 5.65. The Kier molecular flexibility index (Phi) is 5.77. The first-order chi connectivity index (χ1) is 12.6. The number of nitrogens with zero attached hydrogens (tertiary/aromatic N) is 1. The van der Waals surface area contributed by atoms with Crippen LogP contribution in [0.2, 0.25) is 0 Å². The van der Waals surface area contributed by atoms with Gasteiger partial charge in [-0.15, -0.1) is 0 Å². The van der Waals surface area contributed by atoms with Crippen LogP contribution >= 0.6 is 15.9 Å². The minimum absolute atomic E-state index is 0.0744. The van der Waals surface area contributed by atoms with Gasteiger partial charge in [0.2, 0.25) is 0 Å². The van der Waals surface area contributed by atoms with Crippen molar-refractivity contribution in [2.45, 2.75) is 0 Å². The number of rotatable bonds is 5. The van der Waals surface area contributed by atoms with Crippen LogP contribution in [-0.4, -0.2) is 17.1 Å². The van der Waals surface area contributed by atoms with Gasteiger partial charge in [-0.05, 0) is 65.7 Å². The van der Waals surface area contributed by atoms with Crippen molar-refractivity contribution in [3.63, 3.8) is 0 Å². The van der Waals surface area contributed by atoms with Crippen LogP contribution in [0.5, 0.6) is 5.75 Å². The van der Waals surface area contributed by atoms with Crippen molar-refractivity contribution < 1.29 is 9.90 Å². The number of allylic oxidation sites excluding steroid dienone is 1. The van der Waals surface area contributed by atoms with Crippen LogP contribution in [-0.2, 0) is 0 Å². The van der Waals surface area contributed by atoms with Crippen molar-refractivity contribution in [3.05, 3.63) is 100 Å². The Morgan fingerprint density at radius 3 is 2.35 bits per heavy atom. The van der Waals surface area contributed by atoms with Gasteiger partial charge >= 0.3 is 0 Å². The lowest BCUT2D eigenvalue weighted by Crippen LogP contribution is -1.93. The summed E-state index contributed by atoms with van der Waals surface area (Å²) in [6.07, 6.45) is 5.05. The molecule has 0 bridgehead atoms. The van der Waals surface area contributed by atoms with Crippen molar-refractivity contribution in [2.75, 3.05) is 0 Å². The van der Waals surface area contributed by atoms with Crippen LogP contribution in [0.15, 0.2) is 88.3 Å². The molecule has 0 aliphatic rings. The molecule has 0 fully saturated rings. The summed E-state index contributed by atoms with van der Waals surface area (Å²) in [7, 11) is 0. The molecule has 0 heterocycles. The zero-order valence-corrected chi connectivity index (χ0v) is 15.4. The van der Waals surface area contributed by atoms with Crippen LogP contribution in [0, 0.1) is 0 Å². The van der Waals surface area contributed by atoms with Gasteiger partial charge in [-0.25, -0.2) is 0 Å². The van der Waals surface area contributed by atoms with Crippen LogP contribution in [0.4, 0.5) is 5.69 Å². The van der Waals surface area contributed by atoms with Gasteiger partial charge in [0.25, 0.3) is 0 Å². The molecule has 3 rings (SSSR count). The third-order valence-electron chi connectivity index (χ3n) is 3.68. The van der Waals surface area contributed by atoms with E-state index >= 15 is 0 Å². The standard InChI is InChI=1S/C22H16BrNO2/c23-19-9-4-16(5-10-19)8-13-22(26)18-2-1-3-20(14-18)24-15-17-6-11-21(25)12-7-17/h1-15,25H. The Hall–Kier alpha value is -2.98. The Labute approximate surface area is 160 Å². The summed E-state index contributed by atoms with van der Waals surface area (Å²) in [6, 6.07) is 21.7. The van der Waals surface area contributed by atoms with E-state index in [4.69, 9.17) is 0 Å². The average molecular weight is 406 g/mol. The Balaban J connectivity index is 1.72. The zero-order chi connectivity index (χ0) is 18.4. The number of carbonyl (C=O) groups excluding carboxylic acids is 1. The minimum Gasteiger partial charge on any atom is -0.508 e. The highest BCUT2D eigenvalue weighted by Gasteiger charge is 2.02. The molecule has 26 heavy (non-hydrogen) atoms.